The van der Waals surface area contributed by atoms with Crippen LogP contribution in [0.5, 0.6) is 0 Å². The van der Waals surface area contributed by atoms with Gasteiger partial charge >= 0.3 is 0 Å². The van der Waals surface area contributed by atoms with Crippen molar-refractivity contribution >= 4 is 11.6 Å². The zero-order chi connectivity index (χ0) is 13.9. The van der Waals surface area contributed by atoms with Crippen LogP contribution < -0.4 is 0 Å². The van der Waals surface area contributed by atoms with Gasteiger partial charge in [0.05, 0.1) is 17.8 Å². The first-order chi connectivity index (χ1) is 9.76. The Morgan fingerprint density at radius 2 is 2.00 bits per heavy atom. The molecule has 1 aromatic carbocycles. The van der Waals surface area contributed by atoms with Crippen LogP contribution in [-0.2, 0) is 0 Å². The number of hydrogen-bond donors (Lipinski definition) is 0. The Balaban J connectivity index is 2.03. The van der Waals surface area contributed by atoms with E-state index in [-0.39, 0.29) is 0 Å². The van der Waals surface area contributed by atoms with Crippen molar-refractivity contribution in [1.29, 1.82) is 5.26 Å². The lowest BCUT2D eigenvalue weighted by atomic mass is 10.1. The van der Waals surface area contributed by atoms with Crippen LogP contribution >= 0.6 is 11.6 Å². The van der Waals surface area contributed by atoms with Crippen molar-refractivity contribution in [3.8, 4) is 28.8 Å². The molecule has 5 nitrogen and oxygen atoms in total. The average molecular weight is 283 g/mol. The lowest BCUT2D eigenvalue weighted by molar-refractivity contribution is 0.434. The number of nitrogens with zero attached hydrogens (tertiary/aromatic N) is 4. The summed E-state index contributed by atoms with van der Waals surface area (Å²) in [6, 6.07) is 8.77. The summed E-state index contributed by atoms with van der Waals surface area (Å²) >= 11 is 5.97. The molecule has 0 aliphatic carbocycles. The monoisotopic (exact) mass is 282 g/mol. The molecule has 6 heteroatoms. The Bertz CT molecular complexity index is 792. The molecule has 2 aromatic heterocycles. The highest BCUT2D eigenvalue weighted by Crippen LogP contribution is 2.27. The molecule has 2 heterocycles. The van der Waals surface area contributed by atoms with E-state index in [1.807, 2.05) is 6.07 Å². The van der Waals surface area contributed by atoms with Gasteiger partial charge in [-0.2, -0.15) is 5.26 Å². The van der Waals surface area contributed by atoms with E-state index in [1.54, 1.807) is 42.9 Å². The Morgan fingerprint density at radius 3 is 2.75 bits per heavy atom. The van der Waals surface area contributed by atoms with Crippen molar-refractivity contribution in [3.63, 3.8) is 0 Å². The normalized spacial score (nSPS) is 10.2. The highest BCUT2D eigenvalue weighted by atomic mass is 35.5. The van der Waals surface area contributed by atoms with Crippen molar-refractivity contribution in [1.82, 2.24) is 15.1 Å². The number of halogens is 1. The van der Waals surface area contributed by atoms with E-state index in [2.05, 4.69) is 15.1 Å². The topological polar surface area (TPSA) is 75.6 Å². The largest absolute Gasteiger partial charge is 0.356 e. The second kappa shape index (κ2) is 5.11. The molecule has 0 aliphatic rings. The molecule has 3 rings (SSSR count). The molecule has 0 atom stereocenters. The van der Waals surface area contributed by atoms with Crippen LogP contribution in [0.4, 0.5) is 0 Å². The molecule has 0 amide bonds. The van der Waals surface area contributed by atoms with Gasteiger partial charge in [0.15, 0.2) is 5.76 Å². The molecule has 0 spiro atoms. The van der Waals surface area contributed by atoms with Gasteiger partial charge in [-0.25, -0.2) is 0 Å². The van der Waals surface area contributed by atoms with Crippen molar-refractivity contribution in [2.75, 3.05) is 0 Å². The molecule has 20 heavy (non-hydrogen) atoms. The summed E-state index contributed by atoms with van der Waals surface area (Å²) in [7, 11) is 0. The summed E-state index contributed by atoms with van der Waals surface area (Å²) in [4.78, 5) is 8.12. The molecular weight excluding hydrogens is 276 g/mol. The van der Waals surface area contributed by atoms with E-state index in [9.17, 15) is 0 Å². The summed E-state index contributed by atoms with van der Waals surface area (Å²) < 4.78 is 5.27. The fraction of sp³-hybridized carbons (Fsp3) is 0. The molecule has 0 unspecified atom stereocenters. The van der Waals surface area contributed by atoms with Crippen LogP contribution in [0, 0.1) is 11.3 Å². The van der Waals surface area contributed by atoms with Crippen molar-refractivity contribution in [2.24, 2.45) is 0 Å². The second-order valence-corrected chi connectivity index (χ2v) is 4.44. The van der Waals surface area contributed by atoms with Crippen molar-refractivity contribution < 1.29 is 4.52 Å². The number of hydrogen-bond acceptors (Lipinski definition) is 5. The predicted octanol–water partition coefficient (Wildman–Crippen LogP) is 3.32. The van der Waals surface area contributed by atoms with Gasteiger partial charge in [0.2, 0.25) is 0 Å². The predicted molar refractivity (Wildman–Crippen MR) is 72.7 cm³/mol. The maximum Gasteiger partial charge on any atom is 0.167 e. The molecule has 3 aromatic rings. The number of benzene rings is 1. The van der Waals surface area contributed by atoms with Crippen molar-refractivity contribution in [2.45, 2.75) is 0 Å². The number of rotatable bonds is 2. The molecule has 0 saturated heterocycles. The van der Waals surface area contributed by atoms with Gasteiger partial charge in [-0.3, -0.25) is 9.97 Å². The Morgan fingerprint density at radius 1 is 1.10 bits per heavy atom. The van der Waals surface area contributed by atoms with Crippen LogP contribution in [0.1, 0.15) is 5.56 Å². The quantitative estimate of drug-likeness (QED) is 0.720. The maximum atomic E-state index is 8.94. The Kier molecular flexibility index (Phi) is 3.15. The van der Waals surface area contributed by atoms with Gasteiger partial charge < -0.3 is 4.52 Å². The van der Waals surface area contributed by atoms with E-state index in [1.165, 1.54) is 0 Å². The first-order valence-corrected chi connectivity index (χ1v) is 6.08. The Hall–Kier alpha value is -2.71. The van der Waals surface area contributed by atoms with Crippen LogP contribution in [0.3, 0.4) is 0 Å². The van der Waals surface area contributed by atoms with E-state index in [0.29, 0.717) is 33.3 Å². The van der Waals surface area contributed by atoms with Crippen LogP contribution in [0.25, 0.3) is 22.7 Å². The zero-order valence-electron chi connectivity index (χ0n) is 10.1. The number of aromatic nitrogens is 3. The lowest BCUT2D eigenvalue weighted by Crippen LogP contribution is -1.82. The fourth-order valence-corrected chi connectivity index (χ4v) is 1.99. The van der Waals surface area contributed by atoms with Crippen molar-refractivity contribution in [3.05, 3.63) is 53.4 Å². The average Bonchev–Trinajstić information content (AvgIpc) is 2.97. The van der Waals surface area contributed by atoms with Gasteiger partial charge in [0.25, 0.3) is 0 Å². The van der Waals surface area contributed by atoms with Gasteiger partial charge in [-0.1, -0.05) is 16.8 Å². The standard InChI is InChI=1S/C14H7ClN4O/c15-11-4-9(7-16)3-10(5-11)14-6-12(19-20-14)13-8-17-1-2-18-13/h1-6,8H. The van der Waals surface area contributed by atoms with E-state index in [4.69, 9.17) is 21.4 Å². The minimum absolute atomic E-state index is 0.463. The smallest absolute Gasteiger partial charge is 0.167 e. The van der Waals surface area contributed by atoms with E-state index < -0.39 is 0 Å². The third kappa shape index (κ3) is 2.37. The SMILES string of the molecule is N#Cc1cc(Cl)cc(-c2cc(-c3cnccn3)no2)c1. The van der Waals surface area contributed by atoms with Gasteiger partial charge in [0, 0.05) is 29.0 Å². The minimum atomic E-state index is 0.463. The van der Waals surface area contributed by atoms with Gasteiger partial charge in [-0.05, 0) is 18.2 Å². The van der Waals surface area contributed by atoms with Gasteiger partial charge in [-0.15, -0.1) is 0 Å². The zero-order valence-corrected chi connectivity index (χ0v) is 10.9. The fourth-order valence-electron chi connectivity index (χ4n) is 1.76. The molecular formula is C14H7ClN4O. The van der Waals surface area contributed by atoms with Gasteiger partial charge in [0.1, 0.15) is 11.4 Å². The number of nitriles is 1. The Labute approximate surface area is 119 Å². The first kappa shape index (κ1) is 12.3. The summed E-state index contributed by atoms with van der Waals surface area (Å²) in [5, 5.41) is 13.4. The van der Waals surface area contributed by atoms with Crippen LogP contribution in [-0.4, -0.2) is 15.1 Å². The van der Waals surface area contributed by atoms with E-state index >= 15 is 0 Å². The summed E-state index contributed by atoms with van der Waals surface area (Å²) in [5.74, 6) is 0.518. The minimum Gasteiger partial charge on any atom is -0.356 e. The third-order valence-corrected chi connectivity index (χ3v) is 2.87. The third-order valence-electron chi connectivity index (χ3n) is 2.65. The molecule has 0 N–H and O–H groups in total. The van der Waals surface area contributed by atoms with E-state index in [0.717, 1.165) is 0 Å². The molecule has 0 aliphatic heterocycles. The van der Waals surface area contributed by atoms with Crippen LogP contribution in [0.15, 0.2) is 47.4 Å². The second-order valence-electron chi connectivity index (χ2n) is 4.01. The molecule has 0 bridgehead atoms. The molecule has 0 saturated carbocycles. The molecule has 0 fully saturated rings. The molecule has 96 valence electrons. The summed E-state index contributed by atoms with van der Waals surface area (Å²) in [6.45, 7) is 0. The first-order valence-electron chi connectivity index (χ1n) is 5.70. The summed E-state index contributed by atoms with van der Waals surface area (Å²) in [5.41, 5.74) is 2.35. The maximum absolute atomic E-state index is 8.94. The molecule has 0 radical (unpaired) electrons. The highest BCUT2D eigenvalue weighted by molar-refractivity contribution is 6.31. The lowest BCUT2D eigenvalue weighted by Gasteiger charge is -1.97. The highest BCUT2D eigenvalue weighted by Gasteiger charge is 2.11. The van der Waals surface area contributed by atoms with Crippen LogP contribution in [0.2, 0.25) is 5.02 Å². The summed E-state index contributed by atoms with van der Waals surface area (Å²) in [6.07, 6.45) is 4.76.